The highest BCUT2D eigenvalue weighted by molar-refractivity contribution is 14.1. The summed E-state index contributed by atoms with van der Waals surface area (Å²) in [5.41, 5.74) is 8.26. The van der Waals surface area contributed by atoms with Gasteiger partial charge in [0, 0.05) is 52.9 Å². The van der Waals surface area contributed by atoms with E-state index in [-0.39, 0.29) is 35.1 Å². The Morgan fingerprint density at radius 2 is 1.38 bits per heavy atom. The Morgan fingerprint density at radius 1 is 0.872 bits per heavy atom. The first-order valence-electron chi connectivity index (χ1n) is 15.0. The Labute approximate surface area is 288 Å². The molecule has 0 saturated carbocycles. The summed E-state index contributed by atoms with van der Waals surface area (Å²) in [4.78, 5) is 33.6. The van der Waals surface area contributed by atoms with E-state index in [4.69, 9.17) is 22.1 Å². The summed E-state index contributed by atoms with van der Waals surface area (Å²) in [6, 6.07) is 10.1. The molecular weight excluding hydrogens is 739 g/mol. The maximum Gasteiger partial charge on any atom is 0.267 e. The Hall–Kier alpha value is -3.68. The van der Waals surface area contributed by atoms with Crippen molar-refractivity contribution in [3.63, 3.8) is 0 Å². The van der Waals surface area contributed by atoms with E-state index in [2.05, 4.69) is 32.6 Å². The number of pyridine rings is 4. The van der Waals surface area contributed by atoms with Crippen molar-refractivity contribution in [1.29, 1.82) is 0 Å². The SMILES string of the molecule is Cc1nccc2c1c(=O)n(C)c1cc(Cl)c(I)cc21.Cc1nccc2c1c(=O)n(C)c1cc(OC[C@@H](N)CC(C)C)c(C(F)F)cc21. The second kappa shape index (κ2) is 13.8. The smallest absolute Gasteiger partial charge is 0.267 e. The molecule has 0 aliphatic heterocycles. The van der Waals surface area contributed by atoms with Crippen LogP contribution in [0.4, 0.5) is 8.78 Å². The van der Waals surface area contributed by atoms with Gasteiger partial charge in [-0.1, -0.05) is 25.4 Å². The minimum atomic E-state index is -2.71. The summed E-state index contributed by atoms with van der Waals surface area (Å²) in [5.74, 6) is 0.440. The van der Waals surface area contributed by atoms with Gasteiger partial charge in [0.15, 0.2) is 0 Å². The Kier molecular flexibility index (Phi) is 10.2. The van der Waals surface area contributed by atoms with E-state index in [1.165, 1.54) is 16.7 Å². The molecule has 0 radical (unpaired) electrons. The molecule has 4 heterocycles. The molecule has 0 aliphatic carbocycles. The lowest BCUT2D eigenvalue weighted by Crippen LogP contribution is -2.29. The summed E-state index contributed by atoms with van der Waals surface area (Å²) < 4.78 is 37.2. The molecule has 0 saturated heterocycles. The number of nitrogens with zero attached hydrogens (tertiary/aromatic N) is 4. The molecule has 246 valence electrons. The standard InChI is InChI=1S/C21H25F2N3O2.C14H10ClIN2O/c1-11(2)7-13(24)10-28-18-9-17-15(8-16(18)20(22)23)14-5-6-25-12(3)19(14)21(27)26(17)4;1-7-13-8(3-4-17-7)9-5-11(16)10(15)6-12(9)18(2)14(13)19/h5-6,8-9,11,13,20H,7,10,24H2,1-4H3;3-6H,1-2H3/t13-;/m0./s1. The maximum atomic E-state index is 13.8. The highest BCUT2D eigenvalue weighted by Gasteiger charge is 2.20. The monoisotopic (exact) mass is 773 g/mol. The van der Waals surface area contributed by atoms with Crippen LogP contribution in [0, 0.1) is 23.3 Å². The maximum absolute atomic E-state index is 13.8. The molecule has 6 rings (SSSR count). The molecule has 0 aliphatic rings. The fourth-order valence-electron chi connectivity index (χ4n) is 5.95. The van der Waals surface area contributed by atoms with Crippen molar-refractivity contribution in [2.24, 2.45) is 25.7 Å². The second-order valence-electron chi connectivity index (χ2n) is 12.1. The molecule has 47 heavy (non-hydrogen) atoms. The molecule has 0 spiro atoms. The van der Waals surface area contributed by atoms with Gasteiger partial charge in [0.2, 0.25) is 0 Å². The lowest BCUT2D eigenvalue weighted by atomic mass is 10.0. The molecule has 2 aromatic carbocycles. The van der Waals surface area contributed by atoms with Crippen LogP contribution in [0.25, 0.3) is 43.4 Å². The number of alkyl halides is 2. The number of aromatic nitrogens is 4. The van der Waals surface area contributed by atoms with Crippen LogP contribution in [0.2, 0.25) is 5.02 Å². The molecule has 8 nitrogen and oxygen atoms in total. The first-order chi connectivity index (χ1) is 22.2. The van der Waals surface area contributed by atoms with Gasteiger partial charge in [-0.25, -0.2) is 8.78 Å². The zero-order valence-electron chi connectivity index (χ0n) is 26.9. The van der Waals surface area contributed by atoms with Crippen LogP contribution < -0.4 is 21.6 Å². The quantitative estimate of drug-likeness (QED) is 0.137. The summed E-state index contributed by atoms with van der Waals surface area (Å²) in [6.45, 7) is 7.80. The average molecular weight is 774 g/mol. The molecule has 4 aromatic heterocycles. The number of halogens is 4. The Balaban J connectivity index is 0.000000198. The van der Waals surface area contributed by atoms with Crippen LogP contribution in [0.1, 0.15) is 43.6 Å². The number of hydrogen-bond acceptors (Lipinski definition) is 6. The van der Waals surface area contributed by atoms with E-state index in [0.29, 0.717) is 43.7 Å². The van der Waals surface area contributed by atoms with Crippen molar-refractivity contribution in [3.05, 3.63) is 95.0 Å². The first kappa shape index (κ1) is 34.6. The lowest BCUT2D eigenvalue weighted by molar-refractivity contribution is 0.144. The highest BCUT2D eigenvalue weighted by Crippen LogP contribution is 2.36. The molecule has 1 atom stereocenters. The molecule has 6 aromatic rings. The van der Waals surface area contributed by atoms with Gasteiger partial charge >= 0.3 is 0 Å². The minimum absolute atomic E-state index is 0.0367. The van der Waals surface area contributed by atoms with Crippen LogP contribution in [0.3, 0.4) is 0 Å². The predicted octanol–water partition coefficient (Wildman–Crippen LogP) is 7.74. The summed E-state index contributed by atoms with van der Waals surface area (Å²) >= 11 is 8.36. The van der Waals surface area contributed by atoms with Crippen molar-refractivity contribution >= 4 is 77.5 Å². The number of hydrogen-bond donors (Lipinski definition) is 1. The van der Waals surface area contributed by atoms with Gasteiger partial charge in [0.05, 0.1) is 43.8 Å². The second-order valence-corrected chi connectivity index (χ2v) is 13.6. The number of ether oxygens (including phenoxy) is 1. The van der Waals surface area contributed by atoms with E-state index in [9.17, 15) is 18.4 Å². The van der Waals surface area contributed by atoms with Crippen molar-refractivity contribution in [1.82, 2.24) is 19.1 Å². The number of aryl methyl sites for hydroxylation is 4. The third-order valence-electron chi connectivity index (χ3n) is 8.25. The normalized spacial score (nSPS) is 12.4. The fraction of sp³-hybridized carbons (Fsp3) is 0.314. The Morgan fingerprint density at radius 3 is 1.89 bits per heavy atom. The fourth-order valence-corrected chi connectivity index (χ4v) is 6.58. The van der Waals surface area contributed by atoms with E-state index < -0.39 is 6.43 Å². The van der Waals surface area contributed by atoms with Crippen LogP contribution >= 0.6 is 34.2 Å². The third kappa shape index (κ3) is 6.70. The first-order valence-corrected chi connectivity index (χ1v) is 16.5. The summed E-state index contributed by atoms with van der Waals surface area (Å²) in [7, 11) is 3.38. The van der Waals surface area contributed by atoms with Gasteiger partial charge in [0.25, 0.3) is 17.5 Å². The largest absolute Gasteiger partial charge is 0.491 e. The van der Waals surface area contributed by atoms with Gasteiger partial charge in [-0.15, -0.1) is 0 Å². The molecule has 12 heteroatoms. The summed E-state index contributed by atoms with van der Waals surface area (Å²) in [5, 5.41) is 4.90. The number of benzene rings is 2. The molecule has 0 amide bonds. The molecule has 0 bridgehead atoms. The molecule has 0 fully saturated rings. The lowest BCUT2D eigenvalue weighted by Gasteiger charge is -2.19. The van der Waals surface area contributed by atoms with Gasteiger partial charge in [0.1, 0.15) is 12.4 Å². The zero-order valence-corrected chi connectivity index (χ0v) is 29.8. The minimum Gasteiger partial charge on any atom is -0.491 e. The molecular formula is C35H35ClF2IN5O3. The van der Waals surface area contributed by atoms with E-state index >= 15 is 0 Å². The summed E-state index contributed by atoms with van der Waals surface area (Å²) in [6.07, 6.45) is 1.33. The van der Waals surface area contributed by atoms with Gasteiger partial charge in [-0.3, -0.25) is 19.6 Å². The molecule has 2 N–H and O–H groups in total. The Bertz CT molecular complexity index is 2290. The van der Waals surface area contributed by atoms with E-state index in [0.717, 1.165) is 32.0 Å². The predicted molar refractivity (Wildman–Crippen MR) is 194 cm³/mol. The van der Waals surface area contributed by atoms with Crippen molar-refractivity contribution in [3.8, 4) is 5.75 Å². The molecule has 0 unspecified atom stereocenters. The van der Waals surface area contributed by atoms with Crippen molar-refractivity contribution in [2.75, 3.05) is 6.61 Å². The van der Waals surface area contributed by atoms with Crippen molar-refractivity contribution < 1.29 is 13.5 Å². The third-order valence-corrected chi connectivity index (χ3v) is 9.77. The van der Waals surface area contributed by atoms with Gasteiger partial charge in [-0.2, -0.15) is 0 Å². The van der Waals surface area contributed by atoms with E-state index in [1.807, 2.05) is 39.0 Å². The average Bonchev–Trinajstić information content (AvgIpc) is 3.01. The topological polar surface area (TPSA) is 105 Å². The van der Waals surface area contributed by atoms with E-state index in [1.54, 1.807) is 44.0 Å². The van der Waals surface area contributed by atoms with Gasteiger partial charge < -0.3 is 19.6 Å². The van der Waals surface area contributed by atoms with Crippen LogP contribution in [-0.4, -0.2) is 31.8 Å². The van der Waals surface area contributed by atoms with Crippen LogP contribution in [0.5, 0.6) is 5.75 Å². The van der Waals surface area contributed by atoms with Gasteiger partial charge in [-0.05, 0) is 89.9 Å². The highest BCUT2D eigenvalue weighted by atomic mass is 127. The van der Waals surface area contributed by atoms with Crippen LogP contribution in [-0.2, 0) is 14.1 Å². The number of nitrogens with two attached hydrogens (primary N) is 1. The van der Waals surface area contributed by atoms with Crippen LogP contribution in [0.15, 0.2) is 58.4 Å². The zero-order chi connectivity index (χ0) is 34.3. The number of fused-ring (bicyclic) bond motifs is 6. The van der Waals surface area contributed by atoms with Crippen molar-refractivity contribution in [2.45, 2.75) is 46.6 Å². The number of rotatable bonds is 6.